The van der Waals surface area contributed by atoms with Crippen molar-refractivity contribution in [1.29, 1.82) is 0 Å². The van der Waals surface area contributed by atoms with E-state index in [0.29, 0.717) is 30.8 Å². The summed E-state index contributed by atoms with van der Waals surface area (Å²) in [5.74, 6) is 0.597. The van der Waals surface area contributed by atoms with Crippen LogP contribution in [0.15, 0.2) is 30.5 Å². The van der Waals surface area contributed by atoms with E-state index in [1.165, 1.54) is 12.1 Å². The number of unbranched alkanes of at least 4 members (excludes halogenated alkanes) is 1. The number of carbonyl (C=O) groups is 1. The highest BCUT2D eigenvalue weighted by Crippen LogP contribution is 2.34. The molecule has 2 aromatic rings. The zero-order valence-electron chi connectivity index (χ0n) is 14.6. The number of hydrogen-bond donors (Lipinski definition) is 1. The van der Waals surface area contributed by atoms with E-state index in [1.807, 2.05) is 4.57 Å². The lowest BCUT2D eigenvalue weighted by Crippen LogP contribution is -2.24. The van der Waals surface area contributed by atoms with Gasteiger partial charge in [-0.2, -0.15) is 13.2 Å². The fourth-order valence-corrected chi connectivity index (χ4v) is 3.26. The first kappa shape index (κ1) is 18.5. The highest BCUT2D eigenvalue weighted by Gasteiger charge is 2.31. The lowest BCUT2D eigenvalue weighted by atomic mass is 9.90. The number of fused-ring (bicyclic) bond motifs is 1. The third-order valence-corrected chi connectivity index (χ3v) is 4.73. The van der Waals surface area contributed by atoms with Crippen LogP contribution >= 0.6 is 0 Å². The number of amides is 1. The fourth-order valence-electron chi connectivity index (χ4n) is 3.26. The van der Waals surface area contributed by atoms with Crippen LogP contribution < -0.4 is 5.32 Å². The molecule has 0 saturated carbocycles. The quantitative estimate of drug-likeness (QED) is 0.809. The summed E-state index contributed by atoms with van der Waals surface area (Å²) in [6.07, 6.45) is 0.638. The summed E-state index contributed by atoms with van der Waals surface area (Å²) < 4.78 is 40.7. The van der Waals surface area contributed by atoms with E-state index in [2.05, 4.69) is 17.2 Å². The number of imidazole rings is 1. The molecular weight excluding hydrogens is 343 g/mol. The normalized spacial score (nSPS) is 17.0. The number of rotatable bonds is 5. The molecule has 7 heteroatoms. The van der Waals surface area contributed by atoms with Crippen molar-refractivity contribution in [3.05, 3.63) is 53.1 Å². The first-order chi connectivity index (χ1) is 12.4. The van der Waals surface area contributed by atoms with Gasteiger partial charge in [-0.1, -0.05) is 31.5 Å². The summed E-state index contributed by atoms with van der Waals surface area (Å²) in [4.78, 5) is 16.5. The average Bonchev–Trinajstić information content (AvgIpc) is 3.04. The second-order valence-corrected chi connectivity index (χ2v) is 6.66. The maximum atomic E-state index is 12.9. The minimum atomic E-state index is -4.34. The molecule has 1 aromatic heterocycles. The molecular formula is C19H22F3N3O. The monoisotopic (exact) mass is 365 g/mol. The van der Waals surface area contributed by atoms with Crippen molar-refractivity contribution in [2.75, 3.05) is 6.54 Å². The molecule has 1 aliphatic heterocycles. The van der Waals surface area contributed by atoms with Crippen LogP contribution in [0.3, 0.4) is 0 Å². The molecule has 0 bridgehead atoms. The summed E-state index contributed by atoms with van der Waals surface area (Å²) in [5, 5.41) is 2.84. The summed E-state index contributed by atoms with van der Waals surface area (Å²) in [5.41, 5.74) is 0.427. The number of nitrogens with zero attached hydrogens (tertiary/aromatic N) is 2. The number of aryl methyl sites for hydroxylation is 1. The van der Waals surface area contributed by atoms with Crippen molar-refractivity contribution in [2.45, 2.75) is 51.2 Å². The van der Waals surface area contributed by atoms with Crippen LogP contribution in [0.4, 0.5) is 13.2 Å². The lowest BCUT2D eigenvalue weighted by molar-refractivity contribution is -0.137. The van der Waals surface area contributed by atoms with Crippen molar-refractivity contribution in [3.8, 4) is 0 Å². The van der Waals surface area contributed by atoms with Gasteiger partial charge in [0.15, 0.2) is 0 Å². The Morgan fingerprint density at radius 3 is 2.92 bits per heavy atom. The zero-order chi connectivity index (χ0) is 18.7. The van der Waals surface area contributed by atoms with Crippen LogP contribution in [0.1, 0.15) is 59.5 Å². The van der Waals surface area contributed by atoms with Gasteiger partial charge in [0.1, 0.15) is 11.5 Å². The first-order valence-corrected chi connectivity index (χ1v) is 8.90. The molecule has 1 N–H and O–H groups in total. The molecule has 1 atom stereocenters. The van der Waals surface area contributed by atoms with Crippen LogP contribution in [0.25, 0.3) is 0 Å². The van der Waals surface area contributed by atoms with Crippen molar-refractivity contribution in [3.63, 3.8) is 0 Å². The summed E-state index contributed by atoms with van der Waals surface area (Å²) in [7, 11) is 0. The van der Waals surface area contributed by atoms with Crippen molar-refractivity contribution in [1.82, 2.24) is 14.9 Å². The van der Waals surface area contributed by atoms with Gasteiger partial charge in [-0.3, -0.25) is 4.79 Å². The van der Waals surface area contributed by atoms with Crippen molar-refractivity contribution in [2.24, 2.45) is 0 Å². The molecule has 0 aliphatic carbocycles. The van der Waals surface area contributed by atoms with E-state index in [9.17, 15) is 18.0 Å². The molecule has 0 radical (unpaired) electrons. The number of alkyl halides is 3. The summed E-state index contributed by atoms with van der Waals surface area (Å²) >= 11 is 0. The molecule has 1 aromatic carbocycles. The van der Waals surface area contributed by atoms with Crippen molar-refractivity contribution < 1.29 is 18.0 Å². The molecule has 2 heterocycles. The molecule has 0 fully saturated rings. The number of halogens is 3. The highest BCUT2D eigenvalue weighted by molar-refractivity contribution is 5.92. The van der Waals surface area contributed by atoms with Gasteiger partial charge in [-0.15, -0.1) is 0 Å². The third-order valence-electron chi connectivity index (χ3n) is 4.73. The van der Waals surface area contributed by atoms with E-state index in [-0.39, 0.29) is 11.8 Å². The van der Waals surface area contributed by atoms with E-state index < -0.39 is 11.7 Å². The van der Waals surface area contributed by atoms with Crippen LogP contribution in [-0.2, 0) is 19.1 Å². The molecule has 3 rings (SSSR count). The molecule has 4 nitrogen and oxygen atoms in total. The predicted octanol–water partition coefficient (Wildman–Crippen LogP) is 4.16. The number of benzene rings is 1. The van der Waals surface area contributed by atoms with Gasteiger partial charge in [-0.05, 0) is 24.5 Å². The maximum Gasteiger partial charge on any atom is 0.416 e. The topological polar surface area (TPSA) is 46.9 Å². The molecule has 140 valence electrons. The Balaban J connectivity index is 1.73. The molecule has 1 amide bonds. The van der Waals surface area contributed by atoms with Crippen LogP contribution in [-0.4, -0.2) is 22.0 Å². The Bertz CT molecular complexity index is 783. The standard InChI is InChI=1S/C19H22F3N3O/c1-2-3-9-23-18(26)16-12-25-11-14(7-8-17(25)24-16)13-5-4-6-15(10-13)19(20,21)22/h4-6,10,12,14H,2-3,7-9,11H2,1H3,(H,23,26). The van der Waals surface area contributed by atoms with Gasteiger partial charge in [-0.25, -0.2) is 4.98 Å². The van der Waals surface area contributed by atoms with E-state index in [0.717, 1.165) is 31.2 Å². The summed E-state index contributed by atoms with van der Waals surface area (Å²) in [6.45, 7) is 3.20. The van der Waals surface area contributed by atoms with E-state index >= 15 is 0 Å². The number of hydrogen-bond acceptors (Lipinski definition) is 2. The fraction of sp³-hybridized carbons (Fsp3) is 0.474. The minimum Gasteiger partial charge on any atom is -0.351 e. The smallest absolute Gasteiger partial charge is 0.351 e. The Morgan fingerprint density at radius 1 is 1.38 bits per heavy atom. The SMILES string of the molecule is CCCCNC(=O)c1cn2c(n1)CCC(c1cccc(C(F)(F)F)c1)C2. The number of aromatic nitrogens is 2. The Kier molecular flexibility index (Phi) is 5.34. The Labute approximate surface area is 150 Å². The van der Waals surface area contributed by atoms with Crippen LogP contribution in [0.2, 0.25) is 0 Å². The predicted molar refractivity (Wildman–Crippen MR) is 92.0 cm³/mol. The molecule has 1 aliphatic rings. The Hall–Kier alpha value is -2.31. The van der Waals surface area contributed by atoms with E-state index in [4.69, 9.17) is 0 Å². The molecule has 1 unspecified atom stereocenters. The maximum absolute atomic E-state index is 12.9. The minimum absolute atomic E-state index is 0.0185. The molecule has 26 heavy (non-hydrogen) atoms. The van der Waals surface area contributed by atoms with Gasteiger partial charge >= 0.3 is 6.18 Å². The van der Waals surface area contributed by atoms with Gasteiger partial charge in [0.05, 0.1) is 5.56 Å². The van der Waals surface area contributed by atoms with Gasteiger partial charge in [0, 0.05) is 31.6 Å². The number of nitrogens with one attached hydrogen (secondary N) is 1. The second-order valence-electron chi connectivity index (χ2n) is 6.66. The van der Waals surface area contributed by atoms with E-state index in [1.54, 1.807) is 12.3 Å². The second kappa shape index (κ2) is 7.51. The largest absolute Gasteiger partial charge is 0.416 e. The molecule has 0 spiro atoms. The average molecular weight is 365 g/mol. The third kappa shape index (κ3) is 4.08. The lowest BCUT2D eigenvalue weighted by Gasteiger charge is -2.24. The highest BCUT2D eigenvalue weighted by atomic mass is 19.4. The van der Waals surface area contributed by atoms with Gasteiger partial charge < -0.3 is 9.88 Å². The van der Waals surface area contributed by atoms with Crippen LogP contribution in [0.5, 0.6) is 0 Å². The van der Waals surface area contributed by atoms with Gasteiger partial charge in [0.25, 0.3) is 5.91 Å². The zero-order valence-corrected chi connectivity index (χ0v) is 14.6. The van der Waals surface area contributed by atoms with Crippen molar-refractivity contribution >= 4 is 5.91 Å². The first-order valence-electron chi connectivity index (χ1n) is 8.90. The Morgan fingerprint density at radius 2 is 2.19 bits per heavy atom. The van der Waals surface area contributed by atoms with Crippen LogP contribution in [0, 0.1) is 0 Å². The molecule has 0 saturated heterocycles. The number of carbonyl (C=O) groups excluding carboxylic acids is 1. The van der Waals surface area contributed by atoms with Gasteiger partial charge in [0.2, 0.25) is 0 Å². The summed E-state index contributed by atoms with van der Waals surface area (Å²) in [6, 6.07) is 5.51.